The van der Waals surface area contributed by atoms with Crippen molar-refractivity contribution in [1.82, 2.24) is 14.9 Å². The largest absolute Gasteiger partial charge is 0.338 e. The summed E-state index contributed by atoms with van der Waals surface area (Å²) in [6.45, 7) is 4.59. The summed E-state index contributed by atoms with van der Waals surface area (Å²) in [5.74, 6) is 3.42. The topological polar surface area (TPSA) is 32.3 Å². The van der Waals surface area contributed by atoms with Crippen LogP contribution in [0.15, 0.2) is 28.9 Å². The highest BCUT2D eigenvalue weighted by Crippen LogP contribution is 2.25. The molecule has 0 unspecified atom stereocenters. The van der Waals surface area contributed by atoms with Gasteiger partial charge in [0, 0.05) is 59.8 Å². The van der Waals surface area contributed by atoms with E-state index in [9.17, 15) is 0 Å². The van der Waals surface area contributed by atoms with Gasteiger partial charge in [-0.15, -0.1) is 0 Å². The highest BCUT2D eigenvalue weighted by Gasteiger charge is 2.33. The molecule has 0 aliphatic carbocycles. The molecule has 0 N–H and O–H groups in total. The molecule has 1 aromatic carbocycles. The lowest BCUT2D eigenvalue weighted by Gasteiger charge is -2.46. The first-order valence-electron chi connectivity index (χ1n) is 7.29. The summed E-state index contributed by atoms with van der Waals surface area (Å²) in [6, 6.07) is 6.83. The number of rotatable bonds is 2. The van der Waals surface area contributed by atoms with Gasteiger partial charge < -0.3 is 4.90 Å². The van der Waals surface area contributed by atoms with Crippen LogP contribution in [0.1, 0.15) is 0 Å². The van der Waals surface area contributed by atoms with Gasteiger partial charge in [0.25, 0.3) is 0 Å². The fraction of sp³-hybridized carbons (Fsp3) is 0.467. The van der Waals surface area contributed by atoms with Crippen LogP contribution in [0.25, 0.3) is 10.9 Å². The zero-order chi connectivity index (χ0) is 14.2. The molecule has 0 amide bonds. The van der Waals surface area contributed by atoms with Crippen LogP contribution in [0.4, 0.5) is 5.95 Å². The van der Waals surface area contributed by atoms with Crippen molar-refractivity contribution in [3.63, 3.8) is 0 Å². The summed E-state index contributed by atoms with van der Waals surface area (Å²) in [5.41, 5.74) is 1.01. The van der Waals surface area contributed by atoms with Gasteiger partial charge in [0.05, 0.1) is 5.52 Å². The van der Waals surface area contributed by atoms with Crippen molar-refractivity contribution in [3.8, 4) is 0 Å². The van der Waals surface area contributed by atoms with Gasteiger partial charge in [-0.25, -0.2) is 9.97 Å². The lowest BCUT2D eigenvalue weighted by atomic mass is 10.1. The average Bonchev–Trinajstić information content (AvgIpc) is 2.47. The van der Waals surface area contributed by atoms with Crippen LogP contribution in [0.2, 0.25) is 0 Å². The summed E-state index contributed by atoms with van der Waals surface area (Å²) >= 11 is 5.55. The van der Waals surface area contributed by atoms with E-state index in [1.54, 1.807) is 0 Å². The molecule has 2 saturated heterocycles. The fourth-order valence-corrected chi connectivity index (χ4v) is 4.25. The van der Waals surface area contributed by atoms with Crippen molar-refractivity contribution in [2.75, 3.05) is 42.6 Å². The third-order valence-electron chi connectivity index (χ3n) is 4.24. The number of anilines is 1. The number of aromatic nitrogens is 2. The third kappa shape index (κ3) is 2.76. The zero-order valence-corrected chi connectivity index (χ0v) is 14.1. The number of benzene rings is 1. The lowest BCUT2D eigenvalue weighted by Crippen LogP contribution is -2.61. The number of hydrogen-bond acceptors (Lipinski definition) is 5. The van der Waals surface area contributed by atoms with Crippen LogP contribution in [0.3, 0.4) is 0 Å². The Kier molecular flexibility index (Phi) is 3.77. The number of fused-ring (bicyclic) bond motifs is 1. The van der Waals surface area contributed by atoms with Crippen molar-refractivity contribution in [1.29, 1.82) is 0 Å². The van der Waals surface area contributed by atoms with Crippen LogP contribution >= 0.6 is 27.7 Å². The second-order valence-corrected chi connectivity index (χ2v) is 7.72. The van der Waals surface area contributed by atoms with Gasteiger partial charge >= 0.3 is 0 Å². The molecule has 2 fully saturated rings. The number of thioether (sulfide) groups is 1. The zero-order valence-electron chi connectivity index (χ0n) is 11.7. The van der Waals surface area contributed by atoms with E-state index >= 15 is 0 Å². The highest BCUT2D eigenvalue weighted by atomic mass is 79.9. The molecule has 0 radical (unpaired) electrons. The second kappa shape index (κ2) is 5.74. The first kappa shape index (κ1) is 13.8. The second-order valence-electron chi connectivity index (χ2n) is 5.58. The van der Waals surface area contributed by atoms with Gasteiger partial charge in [0.2, 0.25) is 5.95 Å². The normalized spacial score (nSPS) is 20.7. The molecule has 1 aromatic heterocycles. The smallest absolute Gasteiger partial charge is 0.225 e. The molecule has 0 spiro atoms. The Morgan fingerprint density at radius 1 is 1.19 bits per heavy atom. The maximum absolute atomic E-state index is 4.69. The summed E-state index contributed by atoms with van der Waals surface area (Å²) in [7, 11) is 0. The SMILES string of the molecule is Brc1ccc2nc(N3CC(N4CCSCC4)C3)ncc2c1. The minimum atomic E-state index is 0.690. The van der Waals surface area contributed by atoms with Crippen molar-refractivity contribution in [2.24, 2.45) is 0 Å². The Balaban J connectivity index is 1.47. The molecule has 0 atom stereocenters. The Bertz CT molecular complexity index is 653. The van der Waals surface area contributed by atoms with Gasteiger partial charge in [-0.05, 0) is 18.2 Å². The number of hydrogen-bond donors (Lipinski definition) is 0. The van der Waals surface area contributed by atoms with Crippen LogP contribution in [0, 0.1) is 0 Å². The standard InChI is InChI=1S/C15H17BrN4S/c16-12-1-2-14-11(7-12)8-17-15(18-14)20-9-13(10-20)19-3-5-21-6-4-19/h1-2,7-8,13H,3-6,9-10H2. The maximum atomic E-state index is 4.69. The molecular formula is C15H17BrN4S. The molecule has 4 rings (SSSR count). The Labute approximate surface area is 137 Å². The molecule has 3 heterocycles. The van der Waals surface area contributed by atoms with Crippen LogP contribution in [-0.4, -0.2) is 58.6 Å². The van der Waals surface area contributed by atoms with E-state index in [1.165, 1.54) is 24.6 Å². The predicted octanol–water partition coefficient (Wildman–Crippen LogP) is 2.63. The van der Waals surface area contributed by atoms with Crippen molar-refractivity contribution in [3.05, 3.63) is 28.9 Å². The summed E-state index contributed by atoms with van der Waals surface area (Å²) in [6.07, 6.45) is 1.92. The summed E-state index contributed by atoms with van der Waals surface area (Å²) in [5, 5.41) is 1.08. The fourth-order valence-electron chi connectivity index (χ4n) is 2.94. The minimum Gasteiger partial charge on any atom is -0.338 e. The Morgan fingerprint density at radius 2 is 2.00 bits per heavy atom. The first-order chi connectivity index (χ1) is 10.3. The summed E-state index contributed by atoms with van der Waals surface area (Å²) in [4.78, 5) is 14.1. The molecule has 4 nitrogen and oxygen atoms in total. The highest BCUT2D eigenvalue weighted by molar-refractivity contribution is 9.10. The molecule has 0 bridgehead atoms. The van der Waals surface area contributed by atoms with E-state index in [1.807, 2.05) is 18.3 Å². The van der Waals surface area contributed by atoms with Gasteiger partial charge in [-0.3, -0.25) is 4.90 Å². The van der Waals surface area contributed by atoms with Crippen LogP contribution in [0.5, 0.6) is 0 Å². The molecule has 0 saturated carbocycles. The van der Waals surface area contributed by atoms with Gasteiger partial charge in [-0.1, -0.05) is 15.9 Å². The van der Waals surface area contributed by atoms with E-state index in [2.05, 4.69) is 53.5 Å². The summed E-state index contributed by atoms with van der Waals surface area (Å²) < 4.78 is 1.07. The van der Waals surface area contributed by atoms with Crippen molar-refractivity contribution in [2.45, 2.75) is 6.04 Å². The van der Waals surface area contributed by atoms with E-state index in [4.69, 9.17) is 0 Å². The molecule has 2 aliphatic heterocycles. The quantitative estimate of drug-likeness (QED) is 0.817. The van der Waals surface area contributed by atoms with Gasteiger partial charge in [0.1, 0.15) is 0 Å². The molecule has 110 valence electrons. The van der Waals surface area contributed by atoms with Gasteiger partial charge in [-0.2, -0.15) is 11.8 Å². The molecule has 2 aliphatic rings. The molecular weight excluding hydrogens is 348 g/mol. The van der Waals surface area contributed by atoms with Crippen molar-refractivity contribution >= 4 is 44.5 Å². The average molecular weight is 365 g/mol. The number of nitrogens with zero attached hydrogens (tertiary/aromatic N) is 4. The Hall–Kier alpha value is -0.850. The van der Waals surface area contributed by atoms with Crippen molar-refractivity contribution < 1.29 is 0 Å². The molecule has 2 aromatic rings. The maximum Gasteiger partial charge on any atom is 0.225 e. The van der Waals surface area contributed by atoms with E-state index < -0.39 is 0 Å². The predicted molar refractivity (Wildman–Crippen MR) is 92.1 cm³/mol. The monoisotopic (exact) mass is 364 g/mol. The van der Waals surface area contributed by atoms with E-state index in [-0.39, 0.29) is 0 Å². The van der Waals surface area contributed by atoms with E-state index in [0.29, 0.717) is 6.04 Å². The first-order valence-corrected chi connectivity index (χ1v) is 9.23. The van der Waals surface area contributed by atoms with Gasteiger partial charge in [0.15, 0.2) is 0 Å². The Morgan fingerprint density at radius 3 is 2.81 bits per heavy atom. The number of halogens is 1. The lowest BCUT2D eigenvalue weighted by molar-refractivity contribution is 0.181. The molecule has 6 heteroatoms. The van der Waals surface area contributed by atoms with Crippen LogP contribution < -0.4 is 4.90 Å². The third-order valence-corrected chi connectivity index (χ3v) is 5.67. The van der Waals surface area contributed by atoms with Crippen LogP contribution in [-0.2, 0) is 0 Å². The minimum absolute atomic E-state index is 0.690. The molecule has 21 heavy (non-hydrogen) atoms. The van der Waals surface area contributed by atoms with E-state index in [0.717, 1.165) is 34.4 Å².